The number of hydrogen-bond acceptors (Lipinski definition) is 8. The fraction of sp³-hybridized carbons (Fsp3) is 0.367. The van der Waals surface area contributed by atoms with Crippen LogP contribution in [-0.4, -0.2) is 58.2 Å². The molecule has 12 heteroatoms. The van der Waals surface area contributed by atoms with Gasteiger partial charge in [0, 0.05) is 47.7 Å². The molecule has 2 aromatic carbocycles. The van der Waals surface area contributed by atoms with Gasteiger partial charge in [0.1, 0.15) is 23.2 Å². The minimum absolute atomic E-state index is 0.0938. The Morgan fingerprint density at radius 3 is 2.57 bits per heavy atom. The number of piperidine rings is 1. The average molecular weight is 570 g/mol. The summed E-state index contributed by atoms with van der Waals surface area (Å²) in [4.78, 5) is 12.0. The van der Waals surface area contributed by atoms with Gasteiger partial charge in [0.15, 0.2) is 11.5 Å². The van der Waals surface area contributed by atoms with Crippen LogP contribution in [-0.2, 0) is 6.54 Å². The fourth-order valence-electron chi connectivity index (χ4n) is 6.58. The topological polar surface area (TPSA) is 134 Å². The first-order chi connectivity index (χ1) is 20.1. The molecule has 0 aliphatic carbocycles. The van der Waals surface area contributed by atoms with Gasteiger partial charge in [-0.15, -0.1) is 5.10 Å². The van der Waals surface area contributed by atoms with E-state index in [-0.39, 0.29) is 35.8 Å². The van der Waals surface area contributed by atoms with Crippen LogP contribution in [0.3, 0.4) is 0 Å². The van der Waals surface area contributed by atoms with Crippen molar-refractivity contribution in [3.05, 3.63) is 59.9 Å². The van der Waals surface area contributed by atoms with Crippen molar-refractivity contribution < 1.29 is 13.9 Å². The van der Waals surface area contributed by atoms with Gasteiger partial charge < -0.3 is 15.7 Å². The molecule has 2 bridgehead atoms. The second-order valence-corrected chi connectivity index (χ2v) is 12.0. The second-order valence-electron chi connectivity index (χ2n) is 12.0. The van der Waals surface area contributed by atoms with Crippen molar-refractivity contribution >= 4 is 22.5 Å². The largest absolute Gasteiger partial charge is 0.389 e. The number of benzene rings is 2. The summed E-state index contributed by atoms with van der Waals surface area (Å²) in [6.45, 7) is 3.41. The first kappa shape index (κ1) is 26.4. The van der Waals surface area contributed by atoms with Crippen molar-refractivity contribution in [3.63, 3.8) is 0 Å². The van der Waals surface area contributed by atoms with Gasteiger partial charge in [-0.05, 0) is 57.7 Å². The molecule has 5 aromatic rings. The molecule has 3 N–H and O–H groups in total. The van der Waals surface area contributed by atoms with E-state index in [1.165, 1.54) is 22.9 Å². The van der Waals surface area contributed by atoms with Crippen molar-refractivity contribution in [1.29, 1.82) is 5.26 Å². The van der Waals surface area contributed by atoms with Crippen LogP contribution >= 0.6 is 0 Å². The van der Waals surface area contributed by atoms with Crippen LogP contribution in [0.15, 0.2) is 42.7 Å². The Bertz CT molecular complexity index is 1890. The van der Waals surface area contributed by atoms with E-state index in [1.54, 1.807) is 42.8 Å². The standard InChI is InChI=1S/C30H29F2N9O/c1-30(2,42)15-40-25-13-23(32)21(12-24(25)37-38-40)27-26(16-3-4-17(14-33)22(31)9-16)36-29-28(35-7-8-39(27)29)41-19-5-6-20(41)11-18(34)10-19/h3-4,7-9,12-13,18-20,42H,5-6,10-11,15,34H2,1-2H3/t18?,19-,20+. The highest BCUT2D eigenvalue weighted by atomic mass is 19.1. The summed E-state index contributed by atoms with van der Waals surface area (Å²) >= 11 is 0. The van der Waals surface area contributed by atoms with Crippen molar-refractivity contribution in [2.24, 2.45) is 5.73 Å². The van der Waals surface area contributed by atoms with Crippen LogP contribution in [0.2, 0.25) is 0 Å². The van der Waals surface area contributed by atoms with Gasteiger partial charge in [-0.3, -0.25) is 4.40 Å². The van der Waals surface area contributed by atoms with Gasteiger partial charge in [0.05, 0.1) is 34.6 Å². The molecule has 0 spiro atoms. The van der Waals surface area contributed by atoms with E-state index in [0.29, 0.717) is 39.4 Å². The van der Waals surface area contributed by atoms with Crippen LogP contribution in [0.4, 0.5) is 14.6 Å². The summed E-state index contributed by atoms with van der Waals surface area (Å²) < 4.78 is 34.2. The lowest BCUT2D eigenvalue weighted by atomic mass is 9.98. The van der Waals surface area contributed by atoms with E-state index in [0.717, 1.165) is 25.7 Å². The van der Waals surface area contributed by atoms with E-state index in [9.17, 15) is 14.8 Å². The Balaban J connectivity index is 1.46. The molecule has 42 heavy (non-hydrogen) atoms. The maximum absolute atomic E-state index is 16.1. The Labute approximate surface area is 240 Å². The predicted octanol–water partition coefficient (Wildman–Crippen LogP) is 4.19. The third-order valence-electron chi connectivity index (χ3n) is 8.30. The third kappa shape index (κ3) is 4.28. The molecule has 10 nitrogen and oxygen atoms in total. The Kier molecular flexibility index (Phi) is 6.00. The second kappa shape index (κ2) is 9.54. The highest BCUT2D eigenvalue weighted by Crippen LogP contribution is 2.42. The summed E-state index contributed by atoms with van der Waals surface area (Å²) in [5, 5.41) is 27.9. The zero-order valence-electron chi connectivity index (χ0n) is 23.2. The molecular formula is C30H29F2N9O. The molecule has 0 saturated carbocycles. The number of aliphatic hydroxyl groups is 1. The Morgan fingerprint density at radius 2 is 1.88 bits per heavy atom. The predicted molar refractivity (Wildman–Crippen MR) is 152 cm³/mol. The number of nitrogens with two attached hydrogens (primary N) is 1. The molecule has 3 atom stereocenters. The van der Waals surface area contributed by atoms with Crippen molar-refractivity contribution in [2.75, 3.05) is 4.90 Å². The number of nitriles is 1. The lowest BCUT2D eigenvalue weighted by Gasteiger charge is -2.38. The van der Waals surface area contributed by atoms with E-state index < -0.39 is 17.2 Å². The number of fused-ring (bicyclic) bond motifs is 4. The molecule has 7 rings (SSSR count). The van der Waals surface area contributed by atoms with Gasteiger partial charge in [0.25, 0.3) is 0 Å². The molecule has 2 aliphatic heterocycles. The maximum Gasteiger partial charge on any atom is 0.181 e. The number of rotatable bonds is 5. The summed E-state index contributed by atoms with van der Waals surface area (Å²) in [7, 11) is 0. The number of anilines is 1. The zero-order chi connectivity index (χ0) is 29.3. The summed E-state index contributed by atoms with van der Waals surface area (Å²) in [6.07, 6.45) is 7.11. The molecule has 2 saturated heterocycles. The molecule has 2 fully saturated rings. The van der Waals surface area contributed by atoms with Gasteiger partial charge in [-0.1, -0.05) is 11.3 Å². The molecule has 214 valence electrons. The summed E-state index contributed by atoms with van der Waals surface area (Å²) in [5.41, 5.74) is 7.87. The van der Waals surface area contributed by atoms with Crippen LogP contribution in [0.5, 0.6) is 0 Å². The summed E-state index contributed by atoms with van der Waals surface area (Å²) in [5.74, 6) is -0.567. The molecular weight excluding hydrogens is 540 g/mol. The van der Waals surface area contributed by atoms with Gasteiger partial charge in [-0.25, -0.2) is 23.4 Å². The van der Waals surface area contributed by atoms with E-state index in [2.05, 4.69) is 15.2 Å². The lowest BCUT2D eigenvalue weighted by Crippen LogP contribution is -2.48. The quantitative estimate of drug-likeness (QED) is 0.322. The Morgan fingerprint density at radius 1 is 1.12 bits per heavy atom. The minimum atomic E-state index is -1.08. The van der Waals surface area contributed by atoms with Crippen LogP contribution in [0, 0.1) is 23.0 Å². The SMILES string of the molecule is CC(C)(O)Cn1nnc2cc(-c3c(-c4ccc(C#N)c(F)c4)nc4c(N5[C@@H]6CC[C@H]5CC(N)C6)nccn34)c(F)cc21. The molecule has 0 amide bonds. The fourth-order valence-corrected chi connectivity index (χ4v) is 6.58. The average Bonchev–Trinajstić information content (AvgIpc) is 3.59. The molecule has 3 aromatic heterocycles. The number of aromatic nitrogens is 6. The highest BCUT2D eigenvalue weighted by Gasteiger charge is 2.41. The molecule has 5 heterocycles. The number of imidazole rings is 1. The molecule has 1 unspecified atom stereocenters. The van der Waals surface area contributed by atoms with Crippen molar-refractivity contribution in [1.82, 2.24) is 29.4 Å². The molecule has 2 aliphatic rings. The number of hydrogen-bond donors (Lipinski definition) is 2. The first-order valence-corrected chi connectivity index (χ1v) is 14.0. The number of nitrogens with zero attached hydrogens (tertiary/aromatic N) is 8. The maximum atomic E-state index is 16.1. The highest BCUT2D eigenvalue weighted by molar-refractivity contribution is 5.89. The van der Waals surface area contributed by atoms with Crippen LogP contribution in [0.25, 0.3) is 39.2 Å². The molecule has 0 radical (unpaired) electrons. The van der Waals surface area contributed by atoms with E-state index in [4.69, 9.17) is 15.7 Å². The lowest BCUT2D eigenvalue weighted by molar-refractivity contribution is 0.0585. The smallest absolute Gasteiger partial charge is 0.181 e. The van der Waals surface area contributed by atoms with Gasteiger partial charge in [-0.2, -0.15) is 5.26 Å². The number of halogens is 2. The van der Waals surface area contributed by atoms with E-state index in [1.807, 2.05) is 6.07 Å². The minimum Gasteiger partial charge on any atom is -0.389 e. The first-order valence-electron chi connectivity index (χ1n) is 14.0. The monoisotopic (exact) mass is 569 g/mol. The van der Waals surface area contributed by atoms with E-state index >= 15 is 4.39 Å². The van der Waals surface area contributed by atoms with Gasteiger partial charge >= 0.3 is 0 Å². The Hall–Kier alpha value is -4.47. The van der Waals surface area contributed by atoms with Crippen molar-refractivity contribution in [3.8, 4) is 28.6 Å². The van der Waals surface area contributed by atoms with Crippen LogP contribution in [0.1, 0.15) is 45.1 Å². The van der Waals surface area contributed by atoms with Crippen molar-refractivity contribution in [2.45, 2.75) is 69.8 Å². The summed E-state index contributed by atoms with van der Waals surface area (Å²) in [6, 6.07) is 9.62. The van der Waals surface area contributed by atoms with Crippen LogP contribution < -0.4 is 10.6 Å². The van der Waals surface area contributed by atoms with Gasteiger partial charge in [0.2, 0.25) is 0 Å². The third-order valence-corrected chi connectivity index (χ3v) is 8.30. The normalized spacial score (nSPS) is 20.5. The zero-order valence-corrected chi connectivity index (χ0v) is 23.2.